The Labute approximate surface area is 105 Å². The number of nitrogens with zero attached hydrogens (tertiary/aromatic N) is 4. The highest BCUT2D eigenvalue weighted by Crippen LogP contribution is 2.27. The smallest absolute Gasteiger partial charge is 0.330 e. The van der Waals surface area contributed by atoms with E-state index in [1.165, 1.54) is 10.9 Å². The van der Waals surface area contributed by atoms with Gasteiger partial charge in [-0.3, -0.25) is 14.8 Å². The number of ether oxygens (including phenoxy) is 1. The van der Waals surface area contributed by atoms with Crippen LogP contribution in [0.2, 0.25) is 0 Å². The van der Waals surface area contributed by atoms with E-state index in [9.17, 15) is 10.1 Å². The highest BCUT2D eigenvalue weighted by atomic mass is 16.6. The van der Waals surface area contributed by atoms with Gasteiger partial charge in [0.05, 0.1) is 17.6 Å². The first-order valence-corrected chi connectivity index (χ1v) is 5.81. The molecule has 1 aromatic heterocycles. The lowest BCUT2D eigenvalue weighted by molar-refractivity contribution is -0.384. The van der Waals surface area contributed by atoms with Gasteiger partial charge >= 0.3 is 5.69 Å². The summed E-state index contributed by atoms with van der Waals surface area (Å²) in [6.07, 6.45) is 1.46. The second-order valence-corrected chi connectivity index (χ2v) is 4.27. The molecule has 0 radical (unpaired) electrons. The Morgan fingerprint density at radius 2 is 2.50 bits per heavy atom. The van der Waals surface area contributed by atoms with Gasteiger partial charge in [-0.1, -0.05) is 0 Å². The summed E-state index contributed by atoms with van der Waals surface area (Å²) >= 11 is 0. The van der Waals surface area contributed by atoms with Crippen molar-refractivity contribution in [1.82, 2.24) is 15.1 Å². The van der Waals surface area contributed by atoms with Crippen LogP contribution < -0.4 is 10.2 Å². The number of morpholine rings is 1. The molecule has 1 aliphatic rings. The van der Waals surface area contributed by atoms with Crippen molar-refractivity contribution in [3.05, 3.63) is 16.3 Å². The zero-order chi connectivity index (χ0) is 13.1. The monoisotopic (exact) mass is 255 g/mol. The molecule has 1 unspecified atom stereocenters. The van der Waals surface area contributed by atoms with E-state index in [0.29, 0.717) is 25.5 Å². The Morgan fingerprint density at radius 3 is 3.17 bits per heavy atom. The Kier molecular flexibility index (Phi) is 3.78. The maximum Gasteiger partial charge on any atom is 0.330 e. The summed E-state index contributed by atoms with van der Waals surface area (Å²) in [4.78, 5) is 12.5. The quantitative estimate of drug-likeness (QED) is 0.590. The fourth-order valence-corrected chi connectivity index (χ4v) is 2.08. The molecule has 18 heavy (non-hydrogen) atoms. The molecule has 0 aromatic carbocycles. The lowest BCUT2D eigenvalue weighted by Crippen LogP contribution is -2.46. The number of rotatable bonds is 4. The number of nitro groups is 1. The highest BCUT2D eigenvalue weighted by molar-refractivity contribution is 5.57. The summed E-state index contributed by atoms with van der Waals surface area (Å²) in [5.41, 5.74) is 0.0441. The van der Waals surface area contributed by atoms with Crippen molar-refractivity contribution in [1.29, 1.82) is 0 Å². The lowest BCUT2D eigenvalue weighted by Gasteiger charge is -2.32. The van der Waals surface area contributed by atoms with E-state index in [1.807, 2.05) is 11.9 Å². The van der Waals surface area contributed by atoms with Crippen LogP contribution in [0, 0.1) is 10.1 Å². The van der Waals surface area contributed by atoms with Crippen LogP contribution in [-0.4, -0.2) is 54.1 Å². The van der Waals surface area contributed by atoms with E-state index in [-0.39, 0.29) is 11.8 Å². The van der Waals surface area contributed by atoms with Crippen LogP contribution in [0.25, 0.3) is 0 Å². The second-order valence-electron chi connectivity index (χ2n) is 4.27. The number of hydrogen-bond acceptors (Lipinski definition) is 6. The highest BCUT2D eigenvalue weighted by Gasteiger charge is 2.28. The van der Waals surface area contributed by atoms with Gasteiger partial charge in [0.15, 0.2) is 0 Å². The molecule has 2 rings (SSSR count). The molecule has 1 aromatic rings. The molecule has 1 saturated heterocycles. The molecule has 2 heterocycles. The van der Waals surface area contributed by atoms with Crippen LogP contribution in [0.3, 0.4) is 0 Å². The fourth-order valence-electron chi connectivity index (χ4n) is 2.08. The van der Waals surface area contributed by atoms with Crippen LogP contribution in [-0.2, 0) is 11.8 Å². The Morgan fingerprint density at radius 1 is 1.72 bits per heavy atom. The summed E-state index contributed by atoms with van der Waals surface area (Å²) in [7, 11) is 3.54. The molecule has 8 nitrogen and oxygen atoms in total. The van der Waals surface area contributed by atoms with Gasteiger partial charge in [-0.15, -0.1) is 5.10 Å². The minimum atomic E-state index is -0.398. The van der Waals surface area contributed by atoms with Crippen molar-refractivity contribution < 1.29 is 9.66 Å². The largest absolute Gasteiger partial charge is 0.373 e. The standard InChI is InChI=1S/C10H17N5O3/c1-11-5-8-6-14(3-4-18-8)10-9(15(16)17)7-13(2)12-10/h7-8,11H,3-6H2,1-2H3. The van der Waals surface area contributed by atoms with E-state index in [1.54, 1.807) is 7.05 Å². The maximum absolute atomic E-state index is 11.0. The molecule has 0 aliphatic carbocycles. The first-order valence-electron chi connectivity index (χ1n) is 5.81. The molecule has 1 atom stereocenters. The molecule has 8 heteroatoms. The third kappa shape index (κ3) is 2.59. The summed E-state index contributed by atoms with van der Waals surface area (Å²) in [6.45, 7) is 2.51. The fraction of sp³-hybridized carbons (Fsp3) is 0.700. The van der Waals surface area contributed by atoms with Gasteiger partial charge in [-0.2, -0.15) is 0 Å². The van der Waals surface area contributed by atoms with Crippen molar-refractivity contribution in [3.8, 4) is 0 Å². The minimum Gasteiger partial charge on any atom is -0.373 e. The third-order valence-corrected chi connectivity index (χ3v) is 2.86. The number of likely N-dealkylation sites (N-methyl/N-ethyl adjacent to an activating group) is 1. The third-order valence-electron chi connectivity index (χ3n) is 2.86. The summed E-state index contributed by atoms with van der Waals surface area (Å²) in [5.74, 6) is 0.423. The predicted octanol–water partition coefficient (Wildman–Crippen LogP) is -0.247. The van der Waals surface area contributed by atoms with E-state index in [2.05, 4.69) is 10.4 Å². The lowest BCUT2D eigenvalue weighted by atomic mass is 10.2. The molecule has 0 bridgehead atoms. The average molecular weight is 255 g/mol. The van der Waals surface area contributed by atoms with Crippen molar-refractivity contribution in [2.24, 2.45) is 7.05 Å². The Balaban J connectivity index is 2.17. The van der Waals surface area contributed by atoms with Gasteiger partial charge in [-0.05, 0) is 7.05 Å². The van der Waals surface area contributed by atoms with Gasteiger partial charge in [0.25, 0.3) is 0 Å². The SMILES string of the molecule is CNCC1CN(c2nn(C)cc2[N+](=O)[O-])CCO1. The van der Waals surface area contributed by atoms with Gasteiger partial charge < -0.3 is 15.0 Å². The molecule has 0 amide bonds. The predicted molar refractivity (Wildman–Crippen MR) is 65.7 cm³/mol. The van der Waals surface area contributed by atoms with E-state index >= 15 is 0 Å². The van der Waals surface area contributed by atoms with Crippen molar-refractivity contribution >= 4 is 11.5 Å². The summed E-state index contributed by atoms with van der Waals surface area (Å²) < 4.78 is 7.04. The van der Waals surface area contributed by atoms with E-state index in [4.69, 9.17) is 4.74 Å². The number of anilines is 1. The van der Waals surface area contributed by atoms with Gasteiger partial charge in [-0.25, -0.2) is 0 Å². The molecular weight excluding hydrogens is 238 g/mol. The second kappa shape index (κ2) is 5.32. The maximum atomic E-state index is 11.0. The minimum absolute atomic E-state index is 0.0327. The number of hydrogen-bond donors (Lipinski definition) is 1. The zero-order valence-corrected chi connectivity index (χ0v) is 10.5. The molecule has 0 spiro atoms. The van der Waals surface area contributed by atoms with Crippen LogP contribution in [0.5, 0.6) is 0 Å². The van der Waals surface area contributed by atoms with Crippen LogP contribution in [0.4, 0.5) is 11.5 Å². The molecule has 0 saturated carbocycles. The van der Waals surface area contributed by atoms with Crippen molar-refractivity contribution in [2.75, 3.05) is 38.2 Å². The van der Waals surface area contributed by atoms with Gasteiger partial charge in [0, 0.05) is 26.7 Å². The number of aromatic nitrogens is 2. The normalized spacial score (nSPS) is 20.1. The number of aryl methyl sites for hydroxylation is 1. The summed E-state index contributed by atoms with van der Waals surface area (Å²) in [5, 5.41) is 18.2. The topological polar surface area (TPSA) is 85.5 Å². The average Bonchev–Trinajstić information content (AvgIpc) is 2.72. The van der Waals surface area contributed by atoms with Crippen molar-refractivity contribution in [2.45, 2.75) is 6.10 Å². The van der Waals surface area contributed by atoms with Gasteiger partial charge in [0.2, 0.25) is 5.82 Å². The summed E-state index contributed by atoms with van der Waals surface area (Å²) in [6, 6.07) is 0. The van der Waals surface area contributed by atoms with Gasteiger partial charge in [0.1, 0.15) is 6.20 Å². The molecule has 1 fully saturated rings. The Bertz CT molecular complexity index is 431. The van der Waals surface area contributed by atoms with Crippen molar-refractivity contribution in [3.63, 3.8) is 0 Å². The molecule has 100 valence electrons. The van der Waals surface area contributed by atoms with Crippen LogP contribution >= 0.6 is 0 Å². The molecule has 1 N–H and O–H groups in total. The van der Waals surface area contributed by atoms with E-state index in [0.717, 1.165) is 6.54 Å². The Hall–Kier alpha value is -1.67. The zero-order valence-electron chi connectivity index (χ0n) is 10.5. The number of nitrogens with one attached hydrogen (secondary N) is 1. The molecule has 1 aliphatic heterocycles. The van der Waals surface area contributed by atoms with Crippen LogP contribution in [0.1, 0.15) is 0 Å². The molecular formula is C10H17N5O3. The van der Waals surface area contributed by atoms with Crippen LogP contribution in [0.15, 0.2) is 6.20 Å². The van der Waals surface area contributed by atoms with E-state index < -0.39 is 4.92 Å². The first kappa shape index (κ1) is 12.8. The first-order chi connectivity index (χ1) is 8.61.